The Morgan fingerprint density at radius 2 is 2.06 bits per heavy atom. The molecule has 33 heavy (non-hydrogen) atoms. The standard InChI is InChI=1S/C16H20N6O9S.Na/c1-10(12(23)19-16(30-2)9-22(13(16)24)32(27,28)29)18-14(25)20-5-6-21(15(20)26)17-8-11-4-3-7-31-11;/h3-4,7-8,10H,5-6,9H2,1-2H3,(H,18,25)(H,19,23)(H,27,28,29);/q;+1/p-1/t10?,16-;/m0./s1. The summed E-state index contributed by atoms with van der Waals surface area (Å²) in [5.74, 6) is -1.76. The van der Waals surface area contributed by atoms with Gasteiger partial charge in [-0.15, -0.1) is 0 Å². The van der Waals surface area contributed by atoms with E-state index in [0.717, 1.165) is 17.0 Å². The van der Waals surface area contributed by atoms with Gasteiger partial charge in [0.15, 0.2) is 10.3 Å². The van der Waals surface area contributed by atoms with Crippen molar-refractivity contribution < 1.29 is 70.9 Å². The first kappa shape index (κ1) is 26.7. The molecule has 1 aromatic rings. The molecule has 0 aromatic carbocycles. The third-order valence-corrected chi connectivity index (χ3v) is 5.55. The van der Waals surface area contributed by atoms with Crippen LogP contribution in [0.3, 0.4) is 0 Å². The third-order valence-electron chi connectivity index (χ3n) is 4.71. The number of hydrazone groups is 1. The number of ether oxygens (including phenoxy) is 1. The van der Waals surface area contributed by atoms with Crippen LogP contribution in [-0.4, -0.2) is 95.8 Å². The summed E-state index contributed by atoms with van der Waals surface area (Å²) in [4.78, 5) is 50.0. The van der Waals surface area contributed by atoms with Crippen molar-refractivity contribution in [2.75, 3.05) is 26.7 Å². The zero-order valence-corrected chi connectivity index (χ0v) is 20.7. The zero-order valence-electron chi connectivity index (χ0n) is 17.9. The van der Waals surface area contributed by atoms with E-state index in [1.165, 1.54) is 19.4 Å². The number of β-lactam (4-membered cyclic amide) rings is 1. The van der Waals surface area contributed by atoms with Crippen LogP contribution in [0.1, 0.15) is 12.7 Å². The van der Waals surface area contributed by atoms with Crippen LogP contribution in [0, 0.1) is 0 Å². The van der Waals surface area contributed by atoms with Gasteiger partial charge in [-0.1, -0.05) is 0 Å². The van der Waals surface area contributed by atoms with Crippen molar-refractivity contribution in [3.63, 3.8) is 0 Å². The average molecular weight is 494 g/mol. The molecular formula is C16H19N6NaO9S. The number of urea groups is 2. The van der Waals surface area contributed by atoms with Crippen LogP contribution in [-0.2, 0) is 24.6 Å². The van der Waals surface area contributed by atoms with Gasteiger partial charge in [0.2, 0.25) is 11.6 Å². The number of nitrogens with one attached hydrogen (secondary N) is 2. The maximum absolute atomic E-state index is 12.4. The van der Waals surface area contributed by atoms with E-state index < -0.39 is 52.5 Å². The first-order valence-corrected chi connectivity index (χ1v) is 10.5. The fourth-order valence-corrected chi connectivity index (χ4v) is 3.57. The molecule has 2 aliphatic heterocycles. The molecule has 0 radical (unpaired) electrons. The van der Waals surface area contributed by atoms with Crippen molar-refractivity contribution in [3.8, 4) is 0 Å². The second kappa shape index (κ2) is 10.2. The normalized spacial score (nSPS) is 21.6. The van der Waals surface area contributed by atoms with Crippen molar-refractivity contribution in [1.29, 1.82) is 0 Å². The molecule has 2 N–H and O–H groups in total. The second-order valence-corrected chi connectivity index (χ2v) is 8.07. The predicted molar refractivity (Wildman–Crippen MR) is 102 cm³/mol. The molecule has 15 nitrogen and oxygen atoms in total. The Balaban J connectivity index is 0.00000385. The van der Waals surface area contributed by atoms with Gasteiger partial charge in [0.1, 0.15) is 11.8 Å². The monoisotopic (exact) mass is 494 g/mol. The SMILES string of the molecule is CO[C@@]1(NC(=O)C(C)NC(=O)N2CCN(N=Cc3ccco3)C2=O)CN(S(=O)(=O)[O-])C1=O.[Na+]. The minimum atomic E-state index is -5.05. The molecule has 2 aliphatic rings. The Bertz CT molecular complexity index is 1060. The Morgan fingerprint density at radius 3 is 2.61 bits per heavy atom. The van der Waals surface area contributed by atoms with Crippen LogP contribution in [0.4, 0.5) is 9.59 Å². The van der Waals surface area contributed by atoms with E-state index in [9.17, 15) is 32.1 Å². The number of hydrogen-bond donors (Lipinski definition) is 2. The van der Waals surface area contributed by atoms with Gasteiger partial charge in [-0.2, -0.15) is 5.10 Å². The van der Waals surface area contributed by atoms with E-state index in [1.807, 2.05) is 0 Å². The first-order chi connectivity index (χ1) is 15.0. The van der Waals surface area contributed by atoms with Gasteiger partial charge < -0.3 is 24.3 Å². The molecule has 1 unspecified atom stereocenters. The van der Waals surface area contributed by atoms with Crippen LogP contribution in [0.2, 0.25) is 0 Å². The van der Waals surface area contributed by atoms with E-state index in [2.05, 4.69) is 15.7 Å². The number of imide groups is 1. The van der Waals surface area contributed by atoms with E-state index in [1.54, 1.807) is 12.1 Å². The van der Waals surface area contributed by atoms with Gasteiger partial charge >= 0.3 is 41.6 Å². The molecule has 0 saturated carbocycles. The molecular weight excluding hydrogens is 475 g/mol. The fraction of sp³-hybridized carbons (Fsp3) is 0.438. The summed E-state index contributed by atoms with van der Waals surface area (Å²) in [6.07, 6.45) is 2.74. The van der Waals surface area contributed by atoms with Crippen LogP contribution in [0.5, 0.6) is 0 Å². The molecule has 0 bridgehead atoms. The third kappa shape index (κ3) is 5.53. The molecule has 2 saturated heterocycles. The summed E-state index contributed by atoms with van der Waals surface area (Å²) in [6, 6.07) is 0.413. The number of amides is 6. The van der Waals surface area contributed by atoms with Crippen LogP contribution in [0.25, 0.3) is 0 Å². The minimum absolute atomic E-state index is 0. The molecule has 6 amide bonds. The largest absolute Gasteiger partial charge is 1.00 e. The summed E-state index contributed by atoms with van der Waals surface area (Å²) < 4.78 is 42.9. The summed E-state index contributed by atoms with van der Waals surface area (Å²) in [7, 11) is -4.01. The minimum Gasteiger partial charge on any atom is -0.731 e. The number of carbonyl (C=O) groups excluding carboxylic acids is 4. The number of carbonyl (C=O) groups is 4. The van der Waals surface area contributed by atoms with Gasteiger partial charge in [-0.3, -0.25) is 9.59 Å². The van der Waals surface area contributed by atoms with E-state index in [-0.39, 0.29) is 47.0 Å². The van der Waals surface area contributed by atoms with Gasteiger partial charge in [0, 0.05) is 7.11 Å². The Kier molecular flexibility index (Phi) is 8.26. The molecule has 2 fully saturated rings. The van der Waals surface area contributed by atoms with Crippen LogP contribution >= 0.6 is 0 Å². The zero-order chi connectivity index (χ0) is 23.7. The van der Waals surface area contributed by atoms with Crippen molar-refractivity contribution in [3.05, 3.63) is 24.2 Å². The van der Waals surface area contributed by atoms with Crippen LogP contribution < -0.4 is 40.2 Å². The van der Waals surface area contributed by atoms with Gasteiger partial charge in [0.25, 0.3) is 5.91 Å². The number of rotatable bonds is 7. The van der Waals surface area contributed by atoms with Crippen molar-refractivity contribution in [2.24, 2.45) is 5.10 Å². The summed E-state index contributed by atoms with van der Waals surface area (Å²) in [6.45, 7) is 0.680. The quantitative estimate of drug-likeness (QED) is 0.123. The Labute approximate surface area is 210 Å². The maximum Gasteiger partial charge on any atom is 1.00 e. The summed E-state index contributed by atoms with van der Waals surface area (Å²) in [5.41, 5.74) is -2.05. The van der Waals surface area contributed by atoms with Crippen LogP contribution in [0.15, 0.2) is 27.9 Å². The number of furan rings is 1. The predicted octanol–water partition coefficient (Wildman–Crippen LogP) is -4.79. The topological polar surface area (TPSA) is 194 Å². The number of nitrogens with zero attached hydrogens (tertiary/aromatic N) is 4. The van der Waals surface area contributed by atoms with Gasteiger partial charge in [-0.05, 0) is 19.1 Å². The van der Waals surface area contributed by atoms with E-state index in [4.69, 9.17) is 9.15 Å². The first-order valence-electron chi connectivity index (χ1n) is 9.10. The van der Waals surface area contributed by atoms with Gasteiger partial charge in [0.05, 0.1) is 32.1 Å². The van der Waals surface area contributed by atoms with E-state index in [0.29, 0.717) is 5.76 Å². The molecule has 3 rings (SSSR count). The van der Waals surface area contributed by atoms with Crippen molar-refractivity contribution in [2.45, 2.75) is 18.7 Å². The molecule has 2 atom stereocenters. The molecule has 17 heteroatoms. The van der Waals surface area contributed by atoms with Crippen molar-refractivity contribution in [1.82, 2.24) is 24.8 Å². The number of methoxy groups -OCH3 is 1. The average Bonchev–Trinajstić information content (AvgIpc) is 3.37. The molecule has 3 heterocycles. The maximum atomic E-state index is 12.4. The summed E-state index contributed by atoms with van der Waals surface area (Å²) in [5, 5.41) is 9.43. The van der Waals surface area contributed by atoms with E-state index >= 15 is 0 Å². The molecule has 0 aliphatic carbocycles. The summed E-state index contributed by atoms with van der Waals surface area (Å²) >= 11 is 0. The molecule has 0 spiro atoms. The Hall–Kier alpha value is -2.50. The smallest absolute Gasteiger partial charge is 0.731 e. The van der Waals surface area contributed by atoms with Crippen molar-refractivity contribution >= 4 is 40.4 Å². The fourth-order valence-electron chi connectivity index (χ4n) is 2.88. The second-order valence-electron chi connectivity index (χ2n) is 6.78. The number of hydrogen-bond acceptors (Lipinski definition) is 10. The molecule has 1 aromatic heterocycles. The Morgan fingerprint density at radius 1 is 1.36 bits per heavy atom. The van der Waals surface area contributed by atoms with Gasteiger partial charge in [-0.25, -0.2) is 32.2 Å². The molecule has 174 valence electrons.